The van der Waals surface area contributed by atoms with Gasteiger partial charge in [0.2, 0.25) is 0 Å². The summed E-state index contributed by atoms with van der Waals surface area (Å²) < 4.78 is 3.35. The number of rotatable bonds is 4. The summed E-state index contributed by atoms with van der Waals surface area (Å²) in [5.41, 5.74) is 7.56. The number of aromatic nitrogens is 4. The molecule has 4 heterocycles. The van der Waals surface area contributed by atoms with Crippen molar-refractivity contribution in [1.82, 2.24) is 19.1 Å². The number of aliphatic hydroxyl groups excluding tert-OH is 2. The van der Waals surface area contributed by atoms with Crippen LogP contribution in [0.15, 0.2) is 107 Å². The molecule has 0 bridgehead atoms. The quantitative estimate of drug-likeness (QED) is 0.204. The Hall–Kier alpha value is -5.94. The molecule has 0 spiro atoms. The number of imidazole rings is 2. The summed E-state index contributed by atoms with van der Waals surface area (Å²) in [6.07, 6.45) is 1.34. The number of aliphatic hydroxyl groups is 2. The molecule has 0 saturated heterocycles. The van der Waals surface area contributed by atoms with E-state index in [0.29, 0.717) is 56.1 Å². The van der Waals surface area contributed by atoms with E-state index in [1.165, 1.54) is 0 Å². The molecule has 0 unspecified atom stereocenters. The second kappa shape index (κ2) is 10.4. The van der Waals surface area contributed by atoms with Crippen molar-refractivity contribution in [2.24, 2.45) is 0 Å². The molecule has 44 heavy (non-hydrogen) atoms. The molecule has 0 saturated carbocycles. The topological polar surface area (TPSA) is 148 Å². The maximum atomic E-state index is 11.4. The highest BCUT2D eigenvalue weighted by Gasteiger charge is 2.32. The van der Waals surface area contributed by atoms with Gasteiger partial charge in [0.05, 0.1) is 33.2 Å². The van der Waals surface area contributed by atoms with Crippen molar-refractivity contribution in [3.8, 4) is 12.1 Å². The van der Waals surface area contributed by atoms with E-state index in [-0.39, 0.29) is 0 Å². The van der Waals surface area contributed by atoms with Crippen LogP contribution in [0.1, 0.15) is 38.0 Å². The third-order valence-corrected chi connectivity index (χ3v) is 8.18. The standard InChI is InChI=1S/C34H26N8O2/c1-19-23(15-35)31-39-27-10-3-5-12-29(27)41(31)33(43)25(19)17-37-21-8-7-9-22(14-21)38-18-26-20(2)24(16-36)32-40-28-11-4-6-13-30(28)42(32)34(26)44/h3-14,17-18,33-34,37-38,43-44H,1-2H3/b25-17-,26-18-/t33-,34+. The van der Waals surface area contributed by atoms with Crippen molar-refractivity contribution in [2.75, 3.05) is 10.6 Å². The first-order valence-corrected chi connectivity index (χ1v) is 14.0. The van der Waals surface area contributed by atoms with Crippen LogP contribution >= 0.6 is 0 Å². The molecule has 4 N–H and O–H groups in total. The summed E-state index contributed by atoms with van der Waals surface area (Å²) in [5.74, 6) is 0.888. The van der Waals surface area contributed by atoms with Gasteiger partial charge in [0, 0.05) is 34.9 Å². The Bertz CT molecular complexity index is 2060. The minimum absolute atomic E-state index is 0.404. The smallest absolute Gasteiger partial charge is 0.160 e. The van der Waals surface area contributed by atoms with E-state index in [9.17, 15) is 20.7 Å². The normalized spacial score (nSPS) is 19.7. The van der Waals surface area contributed by atoms with E-state index in [1.54, 1.807) is 35.4 Å². The number of allylic oxidation sites excluding steroid dienone is 2. The highest BCUT2D eigenvalue weighted by Crippen LogP contribution is 2.40. The van der Waals surface area contributed by atoms with Gasteiger partial charge in [-0.3, -0.25) is 9.13 Å². The molecule has 0 radical (unpaired) electrons. The van der Waals surface area contributed by atoms with Gasteiger partial charge in [0.15, 0.2) is 24.1 Å². The molecule has 2 aromatic heterocycles. The van der Waals surface area contributed by atoms with Gasteiger partial charge in [-0.2, -0.15) is 10.5 Å². The molecule has 7 rings (SSSR count). The largest absolute Gasteiger partial charge is 0.369 e. The SMILES string of the molecule is CC1=C(C#N)c2nc3ccccc3n2[C@H](O)/C1=C\Nc1cccc(N/C=C2/C(C)=C(C#N)c3nc4ccccc4n3[C@H]2O)c1. The van der Waals surface area contributed by atoms with E-state index < -0.39 is 12.5 Å². The number of hydrogen-bond acceptors (Lipinski definition) is 8. The molecular weight excluding hydrogens is 552 g/mol. The highest BCUT2D eigenvalue weighted by molar-refractivity contribution is 5.89. The lowest BCUT2D eigenvalue weighted by atomic mass is 9.97. The molecule has 2 aliphatic heterocycles. The first-order chi connectivity index (χ1) is 21.4. The van der Waals surface area contributed by atoms with Gasteiger partial charge in [-0.05, 0) is 67.5 Å². The number of fused-ring (bicyclic) bond motifs is 6. The Morgan fingerprint density at radius 2 is 1.11 bits per heavy atom. The molecule has 0 fully saturated rings. The molecule has 0 aliphatic carbocycles. The average Bonchev–Trinajstić information content (AvgIpc) is 3.61. The summed E-state index contributed by atoms with van der Waals surface area (Å²) in [6, 6.07) is 27.0. The summed E-state index contributed by atoms with van der Waals surface area (Å²) in [7, 11) is 0. The van der Waals surface area contributed by atoms with E-state index in [2.05, 4.69) is 32.7 Å². The van der Waals surface area contributed by atoms with E-state index in [4.69, 9.17) is 0 Å². The van der Waals surface area contributed by atoms with E-state index >= 15 is 0 Å². The molecule has 2 atom stereocenters. The average molecular weight is 579 g/mol. The number of hydrogen-bond donors (Lipinski definition) is 4. The predicted molar refractivity (Wildman–Crippen MR) is 168 cm³/mol. The van der Waals surface area contributed by atoms with E-state index in [1.807, 2.05) is 72.8 Å². The molecular formula is C34H26N8O2. The van der Waals surface area contributed by atoms with Crippen molar-refractivity contribution in [3.63, 3.8) is 0 Å². The second-order valence-corrected chi connectivity index (χ2v) is 10.6. The van der Waals surface area contributed by atoms with Crippen molar-refractivity contribution in [2.45, 2.75) is 26.3 Å². The van der Waals surface area contributed by atoms with Gasteiger partial charge in [-0.1, -0.05) is 30.3 Å². The number of benzene rings is 3. The van der Waals surface area contributed by atoms with Gasteiger partial charge in [-0.25, -0.2) is 9.97 Å². The Labute approximate surface area is 252 Å². The summed E-state index contributed by atoms with van der Waals surface area (Å²) in [6.45, 7) is 3.61. The number of anilines is 2. The van der Waals surface area contributed by atoms with Gasteiger partial charge in [0.1, 0.15) is 12.1 Å². The lowest BCUT2D eigenvalue weighted by molar-refractivity contribution is 0.145. The fourth-order valence-electron chi connectivity index (χ4n) is 5.88. The second-order valence-electron chi connectivity index (χ2n) is 10.6. The van der Waals surface area contributed by atoms with Crippen molar-refractivity contribution in [1.29, 1.82) is 10.5 Å². The molecule has 2 aliphatic rings. The molecule has 10 heteroatoms. The van der Waals surface area contributed by atoms with E-state index in [0.717, 1.165) is 22.4 Å². The van der Waals surface area contributed by atoms with Crippen LogP contribution in [0, 0.1) is 22.7 Å². The van der Waals surface area contributed by atoms with Gasteiger partial charge >= 0.3 is 0 Å². The number of para-hydroxylation sites is 4. The van der Waals surface area contributed by atoms with Crippen LogP contribution in [0.3, 0.4) is 0 Å². The van der Waals surface area contributed by atoms with Crippen molar-refractivity contribution < 1.29 is 10.2 Å². The fraction of sp³-hybridized carbons (Fsp3) is 0.118. The maximum absolute atomic E-state index is 11.4. The number of nitrogens with one attached hydrogen (secondary N) is 2. The van der Waals surface area contributed by atoms with Crippen LogP contribution in [-0.4, -0.2) is 29.3 Å². The lowest BCUT2D eigenvalue weighted by Crippen LogP contribution is -2.20. The Kier molecular flexibility index (Phi) is 6.37. The lowest BCUT2D eigenvalue weighted by Gasteiger charge is -2.26. The van der Waals surface area contributed by atoms with Gasteiger partial charge < -0.3 is 20.8 Å². The summed E-state index contributed by atoms with van der Waals surface area (Å²) in [5, 5.41) is 49.1. The molecule has 3 aromatic carbocycles. The summed E-state index contributed by atoms with van der Waals surface area (Å²) >= 11 is 0. The van der Waals surface area contributed by atoms with Crippen LogP contribution in [0.25, 0.3) is 33.2 Å². The Balaban J connectivity index is 1.18. The van der Waals surface area contributed by atoms with Gasteiger partial charge in [0.25, 0.3) is 0 Å². The first kappa shape index (κ1) is 26.9. The number of nitriles is 2. The number of nitrogens with zero attached hydrogens (tertiary/aromatic N) is 6. The molecule has 5 aromatic rings. The maximum Gasteiger partial charge on any atom is 0.160 e. The van der Waals surface area contributed by atoms with Crippen LogP contribution in [0.5, 0.6) is 0 Å². The zero-order valence-corrected chi connectivity index (χ0v) is 23.8. The zero-order valence-electron chi connectivity index (χ0n) is 23.8. The molecule has 10 nitrogen and oxygen atoms in total. The predicted octanol–water partition coefficient (Wildman–Crippen LogP) is 5.98. The monoisotopic (exact) mass is 578 g/mol. The fourth-order valence-corrected chi connectivity index (χ4v) is 5.88. The van der Waals surface area contributed by atoms with Crippen LogP contribution in [0.4, 0.5) is 11.4 Å². The first-order valence-electron chi connectivity index (χ1n) is 14.0. The molecule has 0 amide bonds. The minimum Gasteiger partial charge on any atom is -0.369 e. The Morgan fingerprint density at radius 1 is 0.682 bits per heavy atom. The van der Waals surface area contributed by atoms with Crippen LogP contribution in [0.2, 0.25) is 0 Å². The zero-order chi connectivity index (χ0) is 30.5. The van der Waals surface area contributed by atoms with Crippen molar-refractivity contribution in [3.05, 3.63) is 119 Å². The van der Waals surface area contributed by atoms with Crippen LogP contribution in [-0.2, 0) is 0 Å². The van der Waals surface area contributed by atoms with Gasteiger partial charge in [-0.15, -0.1) is 0 Å². The summed E-state index contributed by atoms with van der Waals surface area (Å²) in [4.78, 5) is 9.18. The minimum atomic E-state index is -1.03. The Morgan fingerprint density at radius 3 is 1.55 bits per heavy atom. The third kappa shape index (κ3) is 4.09. The molecule has 214 valence electrons. The van der Waals surface area contributed by atoms with Crippen molar-refractivity contribution >= 4 is 44.6 Å². The van der Waals surface area contributed by atoms with Crippen LogP contribution < -0.4 is 10.6 Å². The highest BCUT2D eigenvalue weighted by atomic mass is 16.3. The third-order valence-electron chi connectivity index (χ3n) is 8.18.